The van der Waals surface area contributed by atoms with Crippen molar-refractivity contribution in [2.75, 3.05) is 18.8 Å². The number of hydrogen-bond acceptors (Lipinski definition) is 3. The van der Waals surface area contributed by atoms with E-state index in [4.69, 9.17) is 5.73 Å². The summed E-state index contributed by atoms with van der Waals surface area (Å²) in [6.07, 6.45) is 3.26. The smallest absolute Gasteiger partial charge is 0.0936 e. The lowest BCUT2D eigenvalue weighted by Gasteiger charge is -2.26. The number of hydrogen-bond donors (Lipinski definition) is 2. The molecule has 0 aromatic heterocycles. The van der Waals surface area contributed by atoms with Gasteiger partial charge in [-0.25, -0.2) is 0 Å². The van der Waals surface area contributed by atoms with E-state index < -0.39 is 6.10 Å². The Morgan fingerprint density at radius 3 is 2.58 bits per heavy atom. The molecule has 1 atom stereocenters. The van der Waals surface area contributed by atoms with E-state index in [9.17, 15) is 5.11 Å². The zero-order chi connectivity index (χ0) is 13.8. The van der Waals surface area contributed by atoms with E-state index in [-0.39, 0.29) is 0 Å². The van der Waals surface area contributed by atoms with Crippen LogP contribution in [0.2, 0.25) is 0 Å². The van der Waals surface area contributed by atoms with E-state index in [0.717, 1.165) is 12.1 Å². The second-order valence-corrected chi connectivity index (χ2v) is 6.05. The SMILES string of the molecule is CC(C)CCN(CC(O)c1ccccc1N)C1CC1. The minimum Gasteiger partial charge on any atom is -0.398 e. The highest BCUT2D eigenvalue weighted by Crippen LogP contribution is 2.30. The van der Waals surface area contributed by atoms with Crippen LogP contribution in [0.4, 0.5) is 5.69 Å². The van der Waals surface area contributed by atoms with Crippen LogP contribution in [0, 0.1) is 5.92 Å². The average Bonchev–Trinajstić information content (AvgIpc) is 3.18. The first kappa shape index (κ1) is 14.4. The lowest BCUT2D eigenvalue weighted by atomic mass is 10.1. The Labute approximate surface area is 116 Å². The fourth-order valence-electron chi connectivity index (χ4n) is 2.42. The molecule has 0 spiro atoms. The summed E-state index contributed by atoms with van der Waals surface area (Å²) in [6.45, 7) is 6.27. The summed E-state index contributed by atoms with van der Waals surface area (Å²) in [4.78, 5) is 2.43. The van der Waals surface area contributed by atoms with Crippen LogP contribution in [0.15, 0.2) is 24.3 Å². The van der Waals surface area contributed by atoms with Crippen LogP contribution >= 0.6 is 0 Å². The Balaban J connectivity index is 1.95. The maximum atomic E-state index is 10.4. The van der Waals surface area contributed by atoms with E-state index in [1.807, 2.05) is 24.3 Å². The van der Waals surface area contributed by atoms with Gasteiger partial charge in [-0.15, -0.1) is 0 Å². The van der Waals surface area contributed by atoms with Gasteiger partial charge in [-0.2, -0.15) is 0 Å². The van der Waals surface area contributed by atoms with Gasteiger partial charge in [0.1, 0.15) is 0 Å². The second-order valence-electron chi connectivity index (χ2n) is 6.05. The molecule has 1 unspecified atom stereocenters. The molecule has 0 amide bonds. The zero-order valence-corrected chi connectivity index (χ0v) is 12.0. The van der Waals surface area contributed by atoms with Crippen molar-refractivity contribution in [1.29, 1.82) is 0 Å². The van der Waals surface area contributed by atoms with Crippen molar-refractivity contribution in [2.24, 2.45) is 5.92 Å². The van der Waals surface area contributed by atoms with Crippen molar-refractivity contribution in [3.05, 3.63) is 29.8 Å². The highest BCUT2D eigenvalue weighted by molar-refractivity contribution is 5.47. The molecular formula is C16H26N2O. The third kappa shape index (κ3) is 4.22. The van der Waals surface area contributed by atoms with Gasteiger partial charge in [-0.1, -0.05) is 32.0 Å². The summed E-state index contributed by atoms with van der Waals surface area (Å²) in [5, 5.41) is 10.4. The normalized spacial score (nSPS) is 17.1. The molecule has 0 saturated heterocycles. The van der Waals surface area contributed by atoms with Crippen molar-refractivity contribution in [3.63, 3.8) is 0 Å². The van der Waals surface area contributed by atoms with Crippen LogP contribution in [-0.4, -0.2) is 29.1 Å². The second kappa shape index (κ2) is 6.40. The molecule has 3 heteroatoms. The topological polar surface area (TPSA) is 49.5 Å². The number of anilines is 1. The van der Waals surface area contributed by atoms with Gasteiger partial charge >= 0.3 is 0 Å². The minimum absolute atomic E-state index is 0.478. The van der Waals surface area contributed by atoms with Crippen molar-refractivity contribution in [2.45, 2.75) is 45.3 Å². The first-order chi connectivity index (χ1) is 9.08. The Morgan fingerprint density at radius 2 is 2.00 bits per heavy atom. The van der Waals surface area contributed by atoms with Crippen LogP contribution in [0.25, 0.3) is 0 Å². The fraction of sp³-hybridized carbons (Fsp3) is 0.625. The molecule has 3 nitrogen and oxygen atoms in total. The quantitative estimate of drug-likeness (QED) is 0.743. The molecule has 1 aromatic carbocycles. The monoisotopic (exact) mass is 262 g/mol. The van der Waals surface area contributed by atoms with Crippen molar-refractivity contribution < 1.29 is 5.11 Å². The van der Waals surface area contributed by atoms with Gasteiger partial charge in [0.2, 0.25) is 0 Å². The number of aliphatic hydroxyl groups is 1. The minimum atomic E-state index is -0.478. The van der Waals surface area contributed by atoms with E-state index in [1.54, 1.807) is 0 Å². The molecule has 1 saturated carbocycles. The number of nitrogens with two attached hydrogens (primary N) is 1. The lowest BCUT2D eigenvalue weighted by molar-refractivity contribution is 0.106. The van der Waals surface area contributed by atoms with Gasteiger partial charge in [0, 0.05) is 23.8 Å². The van der Waals surface area contributed by atoms with E-state index in [1.165, 1.54) is 19.3 Å². The predicted octanol–water partition coefficient (Wildman–Crippen LogP) is 2.81. The van der Waals surface area contributed by atoms with Crippen molar-refractivity contribution >= 4 is 5.69 Å². The summed E-state index contributed by atoms with van der Waals surface area (Å²) < 4.78 is 0. The maximum Gasteiger partial charge on any atom is 0.0936 e. The van der Waals surface area contributed by atoms with Gasteiger partial charge in [-0.3, -0.25) is 4.90 Å². The Kier molecular flexibility index (Phi) is 4.83. The van der Waals surface area contributed by atoms with Crippen molar-refractivity contribution in [3.8, 4) is 0 Å². The summed E-state index contributed by atoms with van der Waals surface area (Å²) in [5.41, 5.74) is 7.48. The number of aliphatic hydroxyl groups excluding tert-OH is 1. The van der Waals surface area contributed by atoms with Crippen LogP contribution in [0.5, 0.6) is 0 Å². The van der Waals surface area contributed by atoms with Gasteiger partial charge in [0.05, 0.1) is 6.10 Å². The predicted molar refractivity (Wildman–Crippen MR) is 79.9 cm³/mol. The molecule has 106 valence electrons. The standard InChI is InChI=1S/C16H26N2O/c1-12(2)9-10-18(13-7-8-13)11-16(19)14-5-3-4-6-15(14)17/h3-6,12-13,16,19H,7-11,17H2,1-2H3. The highest BCUT2D eigenvalue weighted by Gasteiger charge is 2.30. The molecule has 0 heterocycles. The van der Waals surface area contributed by atoms with E-state index in [0.29, 0.717) is 24.2 Å². The van der Waals surface area contributed by atoms with E-state index >= 15 is 0 Å². The number of nitrogens with zero attached hydrogens (tertiary/aromatic N) is 1. The molecule has 1 fully saturated rings. The molecule has 1 aromatic rings. The molecule has 1 aliphatic rings. The Hall–Kier alpha value is -1.06. The highest BCUT2D eigenvalue weighted by atomic mass is 16.3. The van der Waals surface area contributed by atoms with Gasteiger partial charge in [-0.05, 0) is 37.8 Å². The molecule has 0 bridgehead atoms. The molecule has 1 aliphatic carbocycles. The van der Waals surface area contributed by atoms with Crippen LogP contribution in [-0.2, 0) is 0 Å². The van der Waals surface area contributed by atoms with Crippen LogP contribution in [0.1, 0.15) is 44.8 Å². The van der Waals surface area contributed by atoms with Crippen LogP contribution < -0.4 is 5.73 Å². The summed E-state index contributed by atoms with van der Waals surface area (Å²) in [6, 6.07) is 8.30. The molecule has 2 rings (SSSR count). The van der Waals surface area contributed by atoms with E-state index in [2.05, 4.69) is 18.7 Å². The number of nitrogen functional groups attached to an aromatic ring is 1. The molecule has 0 aliphatic heterocycles. The number of benzene rings is 1. The Morgan fingerprint density at radius 1 is 1.32 bits per heavy atom. The van der Waals surface area contributed by atoms with Gasteiger partial charge in [0.15, 0.2) is 0 Å². The first-order valence-electron chi connectivity index (χ1n) is 7.34. The summed E-state index contributed by atoms with van der Waals surface area (Å²) in [5.74, 6) is 0.709. The lowest BCUT2D eigenvalue weighted by Crippen LogP contribution is -2.32. The Bertz CT molecular complexity index is 401. The average molecular weight is 262 g/mol. The van der Waals surface area contributed by atoms with Crippen molar-refractivity contribution in [1.82, 2.24) is 4.90 Å². The number of rotatable bonds is 7. The van der Waals surface area contributed by atoms with Gasteiger partial charge in [0.25, 0.3) is 0 Å². The third-order valence-electron chi connectivity index (χ3n) is 3.82. The number of para-hydroxylation sites is 1. The molecule has 19 heavy (non-hydrogen) atoms. The largest absolute Gasteiger partial charge is 0.398 e. The zero-order valence-electron chi connectivity index (χ0n) is 12.0. The maximum absolute atomic E-state index is 10.4. The van der Waals surface area contributed by atoms with Gasteiger partial charge < -0.3 is 10.8 Å². The molecule has 3 N–H and O–H groups in total. The third-order valence-corrected chi connectivity index (χ3v) is 3.82. The molecular weight excluding hydrogens is 236 g/mol. The van der Waals surface area contributed by atoms with Crippen LogP contribution in [0.3, 0.4) is 0 Å². The first-order valence-corrected chi connectivity index (χ1v) is 7.34. The fourth-order valence-corrected chi connectivity index (χ4v) is 2.42. The molecule has 0 radical (unpaired) electrons. The summed E-state index contributed by atoms with van der Waals surface area (Å²) >= 11 is 0. The summed E-state index contributed by atoms with van der Waals surface area (Å²) in [7, 11) is 0.